The van der Waals surface area contributed by atoms with E-state index in [1.807, 2.05) is 48.2 Å². The Balaban J connectivity index is 2.17. The number of carbonyl (C=O) groups is 2. The Morgan fingerprint density at radius 2 is 1.84 bits per heavy atom. The second-order valence-electron chi connectivity index (χ2n) is 10.9. The van der Waals surface area contributed by atoms with E-state index in [2.05, 4.69) is 9.72 Å². The molecule has 43 heavy (non-hydrogen) atoms. The van der Waals surface area contributed by atoms with E-state index >= 15 is 0 Å². The Morgan fingerprint density at radius 1 is 1.14 bits per heavy atom. The number of benzene rings is 1. The Labute approximate surface area is 249 Å². The van der Waals surface area contributed by atoms with E-state index in [4.69, 9.17) is 4.98 Å². The average Bonchev–Trinajstić information content (AvgIpc) is 3.33. The number of para-hydroxylation sites is 1. The van der Waals surface area contributed by atoms with E-state index in [9.17, 15) is 28.5 Å². The summed E-state index contributed by atoms with van der Waals surface area (Å²) in [6.45, 7) is 1.74. The van der Waals surface area contributed by atoms with Crippen molar-refractivity contribution in [3.05, 3.63) is 52.8 Å². The Hall–Kier alpha value is -3.88. The Kier molecular flexibility index (Phi) is 11.4. The van der Waals surface area contributed by atoms with E-state index in [0.29, 0.717) is 29.9 Å². The molecule has 2 atom stereocenters. The van der Waals surface area contributed by atoms with Crippen LogP contribution in [0.5, 0.6) is 0 Å². The van der Waals surface area contributed by atoms with Gasteiger partial charge in [0.2, 0.25) is 24.3 Å². The first-order valence-corrected chi connectivity index (χ1v) is 13.9. The third-order valence-electron chi connectivity index (χ3n) is 7.58. The maximum Gasteiger partial charge on any atom is 0.345 e. The molecule has 0 bridgehead atoms. The number of anilines is 1. The molecule has 0 aliphatic carbocycles. The molecule has 0 saturated carbocycles. The topological polar surface area (TPSA) is 127 Å². The molecular formula is C29H39F2N7O5. The van der Waals surface area contributed by atoms with Crippen molar-refractivity contribution in [3.8, 4) is 11.3 Å². The quantitative estimate of drug-likeness (QED) is 0.187. The molecule has 3 rings (SSSR count). The van der Waals surface area contributed by atoms with Gasteiger partial charge in [0, 0.05) is 67.7 Å². The summed E-state index contributed by atoms with van der Waals surface area (Å²) in [5.74, 6) is -0.671. The number of hydrogen-bond acceptors (Lipinski definition) is 9. The molecule has 1 unspecified atom stereocenters. The summed E-state index contributed by atoms with van der Waals surface area (Å²) in [5, 5.41) is 12.4. The van der Waals surface area contributed by atoms with Crippen molar-refractivity contribution in [1.29, 1.82) is 0 Å². The number of carbonyl (C=O) groups excluding carboxylic acids is 2. The lowest BCUT2D eigenvalue weighted by Crippen LogP contribution is -2.63. The van der Waals surface area contributed by atoms with Crippen molar-refractivity contribution in [2.75, 3.05) is 52.3 Å². The molecule has 0 N–H and O–H groups in total. The monoisotopic (exact) mass is 603 g/mol. The number of likely N-dealkylation sites (N-methyl/N-ethyl adjacent to an activating group) is 2. The lowest BCUT2D eigenvalue weighted by atomic mass is 9.83. The highest BCUT2D eigenvalue weighted by Gasteiger charge is 2.46. The van der Waals surface area contributed by atoms with Gasteiger partial charge in [0.05, 0.1) is 23.4 Å². The fourth-order valence-electron chi connectivity index (χ4n) is 5.51. The molecule has 0 fully saturated rings. The number of fused-ring (bicyclic) bond motifs is 1. The van der Waals surface area contributed by atoms with Crippen LogP contribution in [0.1, 0.15) is 38.4 Å². The number of alkyl halides is 2. The number of aromatic nitrogens is 3. The number of amides is 1. The summed E-state index contributed by atoms with van der Waals surface area (Å²) in [6, 6.07) is 8.33. The predicted molar refractivity (Wildman–Crippen MR) is 159 cm³/mol. The highest BCUT2D eigenvalue weighted by Crippen LogP contribution is 2.35. The summed E-state index contributed by atoms with van der Waals surface area (Å²) < 4.78 is 32.0. The number of halogens is 2. The Morgan fingerprint density at radius 3 is 2.44 bits per heavy atom. The molecule has 2 aromatic heterocycles. The summed E-state index contributed by atoms with van der Waals surface area (Å²) in [5.41, 5.74) is 0.445. The van der Waals surface area contributed by atoms with Crippen LogP contribution >= 0.6 is 0 Å². The van der Waals surface area contributed by atoms with Gasteiger partial charge in [-0.3, -0.25) is 34.1 Å². The fraction of sp³-hybridized carbons (Fsp3) is 0.517. The first-order valence-electron chi connectivity index (χ1n) is 13.9. The first-order chi connectivity index (χ1) is 20.3. The zero-order valence-electron chi connectivity index (χ0n) is 25.4. The second-order valence-corrected chi connectivity index (χ2v) is 10.9. The molecular weight excluding hydrogens is 564 g/mol. The molecule has 234 valence electrons. The maximum atomic E-state index is 13.4. The predicted octanol–water partition coefficient (Wildman–Crippen LogP) is 4.03. The van der Waals surface area contributed by atoms with Crippen molar-refractivity contribution in [2.45, 2.75) is 51.8 Å². The summed E-state index contributed by atoms with van der Waals surface area (Å²) in [7, 11) is 5.56. The van der Waals surface area contributed by atoms with Crippen LogP contribution in [0.25, 0.3) is 22.2 Å². The van der Waals surface area contributed by atoms with Crippen LogP contribution in [-0.4, -0.2) is 107 Å². The SMILES string of the molecule is CC(=O)N(c1nccc(-c2cn(C(C)=O)c3ccccc23)n1)[C@](C)(CC[N+](=O)[O-])C(CCOC(F)F)N(C)CCN(C)C. The zero-order chi connectivity index (χ0) is 31.9. The first kappa shape index (κ1) is 33.6. The summed E-state index contributed by atoms with van der Waals surface area (Å²) >= 11 is 0. The van der Waals surface area contributed by atoms with Crippen LogP contribution in [0.15, 0.2) is 42.7 Å². The van der Waals surface area contributed by atoms with Gasteiger partial charge >= 0.3 is 6.61 Å². The van der Waals surface area contributed by atoms with E-state index in [1.54, 1.807) is 26.2 Å². The van der Waals surface area contributed by atoms with Gasteiger partial charge in [-0.25, -0.2) is 9.97 Å². The van der Waals surface area contributed by atoms with Gasteiger partial charge in [0.25, 0.3) is 0 Å². The van der Waals surface area contributed by atoms with Crippen molar-refractivity contribution in [2.24, 2.45) is 0 Å². The lowest BCUT2D eigenvalue weighted by Gasteiger charge is -2.48. The largest absolute Gasteiger partial charge is 0.345 e. The van der Waals surface area contributed by atoms with Gasteiger partial charge in [0.1, 0.15) is 0 Å². The minimum atomic E-state index is -2.99. The van der Waals surface area contributed by atoms with E-state index < -0.39 is 35.6 Å². The minimum absolute atomic E-state index is 0.00343. The molecule has 1 amide bonds. The highest BCUT2D eigenvalue weighted by molar-refractivity contribution is 6.01. The average molecular weight is 604 g/mol. The molecule has 14 heteroatoms. The number of ether oxygens (including phenoxy) is 1. The van der Waals surface area contributed by atoms with E-state index in [0.717, 1.165) is 5.39 Å². The smallest absolute Gasteiger partial charge is 0.323 e. The van der Waals surface area contributed by atoms with E-state index in [1.165, 1.54) is 29.5 Å². The van der Waals surface area contributed by atoms with Gasteiger partial charge in [0.15, 0.2) is 0 Å². The van der Waals surface area contributed by atoms with Crippen LogP contribution in [0, 0.1) is 10.1 Å². The van der Waals surface area contributed by atoms with Crippen molar-refractivity contribution in [1.82, 2.24) is 24.3 Å². The number of nitrogens with zero attached hydrogens (tertiary/aromatic N) is 7. The highest BCUT2D eigenvalue weighted by atomic mass is 19.3. The number of nitro groups is 1. The third-order valence-corrected chi connectivity index (χ3v) is 7.58. The number of rotatable bonds is 15. The molecule has 0 aliphatic rings. The third kappa shape index (κ3) is 8.15. The molecule has 3 aromatic rings. The van der Waals surface area contributed by atoms with Crippen LogP contribution in [0.4, 0.5) is 14.7 Å². The van der Waals surface area contributed by atoms with Gasteiger partial charge in [-0.15, -0.1) is 0 Å². The number of hydrogen-bond donors (Lipinski definition) is 0. The van der Waals surface area contributed by atoms with Gasteiger partial charge in [-0.1, -0.05) is 18.2 Å². The van der Waals surface area contributed by atoms with Gasteiger partial charge in [-0.05, 0) is 46.6 Å². The van der Waals surface area contributed by atoms with Crippen molar-refractivity contribution < 1.29 is 28.0 Å². The molecule has 0 saturated heterocycles. The standard InChI is InChI=1S/C29H39F2N7O5/c1-20(39)36-19-23(22-9-7-8-10-25(22)36)24-11-14-32-28(33-24)38(21(2)40)29(3,13-15-37(41)42)26(12-18-43-27(30)31)35(6)17-16-34(4)5/h7-11,14,19,26-27H,12-13,15-18H2,1-6H3/t26?,29-/m1/s1. The molecule has 0 aliphatic heterocycles. The second kappa shape index (κ2) is 14.5. The lowest BCUT2D eigenvalue weighted by molar-refractivity contribution is -0.482. The molecule has 12 nitrogen and oxygen atoms in total. The zero-order valence-corrected chi connectivity index (χ0v) is 25.4. The van der Waals surface area contributed by atoms with E-state index in [-0.39, 0.29) is 31.3 Å². The van der Waals surface area contributed by atoms with Crippen LogP contribution in [0.2, 0.25) is 0 Å². The molecule has 2 heterocycles. The normalized spacial score (nSPS) is 13.9. The van der Waals surface area contributed by atoms with Gasteiger partial charge < -0.3 is 9.64 Å². The van der Waals surface area contributed by atoms with Crippen molar-refractivity contribution >= 4 is 28.7 Å². The molecule has 0 radical (unpaired) electrons. The summed E-state index contributed by atoms with van der Waals surface area (Å²) in [4.78, 5) is 51.2. The van der Waals surface area contributed by atoms with Crippen LogP contribution in [-0.2, 0) is 9.53 Å². The van der Waals surface area contributed by atoms with Crippen LogP contribution < -0.4 is 4.90 Å². The maximum absolute atomic E-state index is 13.4. The fourth-order valence-corrected chi connectivity index (χ4v) is 5.51. The van der Waals surface area contributed by atoms with Gasteiger partial charge in [-0.2, -0.15) is 8.78 Å². The minimum Gasteiger partial charge on any atom is -0.323 e. The van der Waals surface area contributed by atoms with Crippen molar-refractivity contribution in [3.63, 3.8) is 0 Å². The van der Waals surface area contributed by atoms with Crippen LogP contribution in [0.3, 0.4) is 0 Å². The summed E-state index contributed by atoms with van der Waals surface area (Å²) in [6.07, 6.45) is 3.09. The molecule has 0 spiro atoms. The molecule has 1 aromatic carbocycles. The Bertz CT molecular complexity index is 1430.